The predicted octanol–water partition coefficient (Wildman–Crippen LogP) is 2.62. The van der Waals surface area contributed by atoms with Crippen molar-refractivity contribution in [3.8, 4) is 0 Å². The largest absolute Gasteiger partial charge is 0.356 e. The molecule has 0 saturated carbocycles. The Morgan fingerprint density at radius 3 is 2.40 bits per heavy atom. The van der Waals surface area contributed by atoms with Crippen LogP contribution in [-0.4, -0.2) is 74.2 Å². The molecule has 2 fully saturated rings. The zero-order valence-corrected chi connectivity index (χ0v) is 19.3. The van der Waals surface area contributed by atoms with Crippen molar-refractivity contribution in [2.45, 2.75) is 59.0 Å². The fourth-order valence-corrected chi connectivity index (χ4v) is 3.78. The van der Waals surface area contributed by atoms with E-state index in [1.54, 1.807) is 0 Å². The van der Waals surface area contributed by atoms with Crippen LogP contribution in [0.25, 0.3) is 0 Å². The van der Waals surface area contributed by atoms with Crippen LogP contribution in [0, 0.1) is 11.8 Å². The van der Waals surface area contributed by atoms with Gasteiger partial charge in [-0.05, 0) is 64.6 Å². The zero-order chi connectivity index (χ0) is 17.5. The van der Waals surface area contributed by atoms with Gasteiger partial charge in [0.15, 0.2) is 5.96 Å². The third-order valence-corrected chi connectivity index (χ3v) is 5.74. The summed E-state index contributed by atoms with van der Waals surface area (Å²) in [5.74, 6) is 2.55. The third kappa shape index (κ3) is 7.59. The molecule has 2 saturated heterocycles. The molecule has 2 aliphatic heterocycles. The third-order valence-electron chi connectivity index (χ3n) is 5.74. The number of aliphatic imine (C=N–C) groups is 1. The summed E-state index contributed by atoms with van der Waals surface area (Å²) in [7, 11) is 1.88. The van der Waals surface area contributed by atoms with Crippen molar-refractivity contribution in [1.82, 2.24) is 20.4 Å². The first-order valence-electron chi connectivity index (χ1n) is 9.93. The van der Waals surface area contributed by atoms with Crippen LogP contribution < -0.4 is 10.6 Å². The number of nitrogens with zero attached hydrogens (tertiary/aromatic N) is 3. The topological polar surface area (TPSA) is 42.9 Å². The monoisotopic (exact) mass is 465 g/mol. The molecule has 0 aromatic carbocycles. The lowest BCUT2D eigenvalue weighted by Gasteiger charge is -2.30. The molecular formula is C19H40IN5. The number of rotatable bonds is 6. The normalized spacial score (nSPS) is 26.7. The summed E-state index contributed by atoms with van der Waals surface area (Å²) in [5, 5.41) is 7.13. The Kier molecular flexibility index (Phi) is 10.6. The lowest BCUT2D eigenvalue weighted by Crippen LogP contribution is -2.47. The number of halogens is 1. The number of hydrogen-bond acceptors (Lipinski definition) is 3. The van der Waals surface area contributed by atoms with E-state index in [2.05, 4.69) is 53.1 Å². The van der Waals surface area contributed by atoms with Gasteiger partial charge in [-0.15, -0.1) is 24.0 Å². The standard InChI is InChI=1S/C19H39N5.HI/c1-15(2)24-13-17(4)18(14-24)22-19(20-5)21-9-6-10-23-11-7-16(3)8-12-23;/h15-18H,6-14H2,1-5H3,(H2,20,21,22);1H. The van der Waals surface area contributed by atoms with Crippen LogP contribution in [0.2, 0.25) is 0 Å². The van der Waals surface area contributed by atoms with Crippen LogP contribution >= 0.6 is 24.0 Å². The predicted molar refractivity (Wildman–Crippen MR) is 119 cm³/mol. The van der Waals surface area contributed by atoms with E-state index in [-0.39, 0.29) is 24.0 Å². The van der Waals surface area contributed by atoms with Crippen LogP contribution in [0.5, 0.6) is 0 Å². The van der Waals surface area contributed by atoms with Crippen molar-refractivity contribution in [2.24, 2.45) is 16.8 Å². The first-order valence-corrected chi connectivity index (χ1v) is 9.93. The molecule has 0 radical (unpaired) electrons. The molecule has 0 aromatic rings. The second-order valence-corrected chi connectivity index (χ2v) is 8.15. The SMILES string of the molecule is CN=C(NCCCN1CCC(C)CC1)NC1CN(C(C)C)CC1C.I. The summed E-state index contributed by atoms with van der Waals surface area (Å²) in [5.41, 5.74) is 0. The maximum absolute atomic E-state index is 4.41. The number of piperidine rings is 1. The lowest BCUT2D eigenvalue weighted by atomic mass is 9.99. The molecule has 2 aliphatic rings. The summed E-state index contributed by atoms with van der Waals surface area (Å²) in [6.07, 6.45) is 3.92. The molecule has 0 spiro atoms. The average Bonchev–Trinajstić information content (AvgIpc) is 2.93. The van der Waals surface area contributed by atoms with Gasteiger partial charge in [0.2, 0.25) is 0 Å². The average molecular weight is 465 g/mol. The molecule has 2 atom stereocenters. The maximum Gasteiger partial charge on any atom is 0.191 e. The minimum Gasteiger partial charge on any atom is -0.356 e. The van der Waals surface area contributed by atoms with Crippen molar-refractivity contribution in [3.05, 3.63) is 0 Å². The Labute approximate surface area is 172 Å². The molecule has 25 heavy (non-hydrogen) atoms. The van der Waals surface area contributed by atoms with E-state index in [9.17, 15) is 0 Å². The second-order valence-electron chi connectivity index (χ2n) is 8.15. The summed E-state index contributed by atoms with van der Waals surface area (Å²) in [6, 6.07) is 1.13. The van der Waals surface area contributed by atoms with Gasteiger partial charge in [0.25, 0.3) is 0 Å². The number of guanidine groups is 1. The Morgan fingerprint density at radius 2 is 1.84 bits per heavy atom. The highest BCUT2D eigenvalue weighted by Gasteiger charge is 2.31. The van der Waals surface area contributed by atoms with E-state index >= 15 is 0 Å². The minimum absolute atomic E-state index is 0. The van der Waals surface area contributed by atoms with Gasteiger partial charge in [-0.1, -0.05) is 13.8 Å². The highest BCUT2D eigenvalue weighted by molar-refractivity contribution is 14.0. The van der Waals surface area contributed by atoms with E-state index in [1.807, 2.05) is 7.05 Å². The molecule has 0 amide bonds. The van der Waals surface area contributed by atoms with E-state index in [1.165, 1.54) is 45.4 Å². The highest BCUT2D eigenvalue weighted by Crippen LogP contribution is 2.18. The van der Waals surface area contributed by atoms with Crippen molar-refractivity contribution >= 4 is 29.9 Å². The summed E-state index contributed by atoms with van der Waals surface area (Å²) in [6.45, 7) is 16.3. The lowest BCUT2D eigenvalue weighted by molar-refractivity contribution is 0.191. The molecule has 5 nitrogen and oxygen atoms in total. The quantitative estimate of drug-likeness (QED) is 0.274. The van der Waals surface area contributed by atoms with Gasteiger partial charge < -0.3 is 15.5 Å². The summed E-state index contributed by atoms with van der Waals surface area (Å²) >= 11 is 0. The molecule has 148 valence electrons. The molecule has 2 unspecified atom stereocenters. The van der Waals surface area contributed by atoms with Crippen LogP contribution in [0.3, 0.4) is 0 Å². The summed E-state index contributed by atoms with van der Waals surface area (Å²) in [4.78, 5) is 9.57. The van der Waals surface area contributed by atoms with Gasteiger partial charge in [0, 0.05) is 38.8 Å². The Bertz CT molecular complexity index is 393. The van der Waals surface area contributed by atoms with Crippen molar-refractivity contribution in [2.75, 3.05) is 46.3 Å². The van der Waals surface area contributed by atoms with Gasteiger partial charge in [0.05, 0.1) is 0 Å². The van der Waals surface area contributed by atoms with Crippen molar-refractivity contribution in [1.29, 1.82) is 0 Å². The highest BCUT2D eigenvalue weighted by atomic mass is 127. The van der Waals surface area contributed by atoms with Gasteiger partial charge in [-0.3, -0.25) is 9.89 Å². The molecule has 2 rings (SSSR count). The Hall–Kier alpha value is -0.0800. The van der Waals surface area contributed by atoms with Gasteiger partial charge in [-0.25, -0.2) is 0 Å². The van der Waals surface area contributed by atoms with Crippen LogP contribution in [0.15, 0.2) is 4.99 Å². The molecule has 2 N–H and O–H groups in total. The summed E-state index contributed by atoms with van der Waals surface area (Å²) < 4.78 is 0. The fraction of sp³-hybridized carbons (Fsp3) is 0.947. The smallest absolute Gasteiger partial charge is 0.191 e. The van der Waals surface area contributed by atoms with Gasteiger partial charge in [-0.2, -0.15) is 0 Å². The van der Waals surface area contributed by atoms with E-state index in [0.29, 0.717) is 18.0 Å². The van der Waals surface area contributed by atoms with Crippen LogP contribution in [0.4, 0.5) is 0 Å². The molecule has 0 bridgehead atoms. The van der Waals surface area contributed by atoms with Gasteiger partial charge in [0.1, 0.15) is 0 Å². The number of hydrogen-bond donors (Lipinski definition) is 2. The minimum atomic E-state index is 0. The zero-order valence-electron chi connectivity index (χ0n) is 16.9. The van der Waals surface area contributed by atoms with Crippen molar-refractivity contribution < 1.29 is 0 Å². The van der Waals surface area contributed by atoms with Gasteiger partial charge >= 0.3 is 0 Å². The van der Waals surface area contributed by atoms with Crippen LogP contribution in [0.1, 0.15) is 47.0 Å². The molecular weight excluding hydrogens is 425 g/mol. The molecule has 0 aliphatic carbocycles. The Balaban J connectivity index is 0.00000312. The van der Waals surface area contributed by atoms with Crippen LogP contribution in [-0.2, 0) is 0 Å². The first-order chi connectivity index (χ1) is 11.5. The molecule has 6 heteroatoms. The molecule has 0 aromatic heterocycles. The fourth-order valence-electron chi connectivity index (χ4n) is 3.78. The first kappa shape index (κ1) is 23.0. The second kappa shape index (κ2) is 11.6. The van der Waals surface area contributed by atoms with E-state index < -0.39 is 0 Å². The molecule has 2 heterocycles. The number of likely N-dealkylation sites (tertiary alicyclic amines) is 2. The van der Waals surface area contributed by atoms with E-state index in [0.717, 1.165) is 25.0 Å². The van der Waals surface area contributed by atoms with Crippen molar-refractivity contribution in [3.63, 3.8) is 0 Å². The number of nitrogens with one attached hydrogen (secondary N) is 2. The maximum atomic E-state index is 4.41. The van der Waals surface area contributed by atoms with E-state index in [4.69, 9.17) is 0 Å². The Morgan fingerprint density at radius 1 is 1.16 bits per heavy atom.